The van der Waals surface area contributed by atoms with Gasteiger partial charge < -0.3 is 10.4 Å². The monoisotopic (exact) mass is 293 g/mol. The van der Waals surface area contributed by atoms with Gasteiger partial charge in [-0.05, 0) is 18.2 Å². The van der Waals surface area contributed by atoms with Crippen LogP contribution in [0.2, 0.25) is 0 Å². The highest BCUT2D eigenvalue weighted by atomic mass is 79.9. The zero-order valence-electron chi connectivity index (χ0n) is 8.59. The van der Waals surface area contributed by atoms with Gasteiger partial charge in [0.15, 0.2) is 5.69 Å². The van der Waals surface area contributed by atoms with Crippen LogP contribution in [0.1, 0.15) is 10.5 Å². The van der Waals surface area contributed by atoms with Crippen LogP contribution in [0.4, 0.5) is 11.5 Å². The minimum Gasteiger partial charge on any atom is -0.476 e. The van der Waals surface area contributed by atoms with Gasteiger partial charge in [-0.1, -0.05) is 22.0 Å². The van der Waals surface area contributed by atoms with Gasteiger partial charge in [-0.2, -0.15) is 0 Å². The third-order valence-electron chi connectivity index (χ3n) is 1.97. The summed E-state index contributed by atoms with van der Waals surface area (Å²) in [6.07, 6.45) is 2.59. The molecule has 86 valence electrons. The number of aromatic carboxylic acids is 1. The molecule has 5 nitrogen and oxygen atoms in total. The van der Waals surface area contributed by atoms with Gasteiger partial charge in [-0.25, -0.2) is 14.8 Å². The van der Waals surface area contributed by atoms with Crippen LogP contribution in [-0.2, 0) is 0 Å². The molecule has 2 rings (SSSR count). The fourth-order valence-electron chi connectivity index (χ4n) is 1.22. The molecule has 0 bridgehead atoms. The Morgan fingerprint density at radius 2 is 2.12 bits per heavy atom. The number of carboxylic acid groups (broad SMARTS) is 1. The largest absolute Gasteiger partial charge is 0.476 e. The van der Waals surface area contributed by atoms with E-state index in [1.54, 1.807) is 0 Å². The number of hydrogen-bond donors (Lipinski definition) is 2. The lowest BCUT2D eigenvalue weighted by molar-refractivity contribution is 0.0690. The van der Waals surface area contributed by atoms with Crippen LogP contribution in [0, 0.1) is 0 Å². The Morgan fingerprint density at radius 1 is 1.29 bits per heavy atom. The Labute approximate surface area is 106 Å². The van der Waals surface area contributed by atoms with Gasteiger partial charge in [0.2, 0.25) is 0 Å². The van der Waals surface area contributed by atoms with Crippen molar-refractivity contribution in [2.75, 3.05) is 5.32 Å². The molecular formula is C11H8BrN3O2. The summed E-state index contributed by atoms with van der Waals surface area (Å²) in [4.78, 5) is 18.3. The van der Waals surface area contributed by atoms with Gasteiger partial charge in [-0.15, -0.1) is 0 Å². The molecule has 0 aliphatic rings. The Kier molecular flexibility index (Phi) is 3.34. The maximum atomic E-state index is 10.6. The molecule has 2 aromatic rings. The molecule has 0 saturated heterocycles. The summed E-state index contributed by atoms with van der Waals surface area (Å²) in [6.45, 7) is 0. The molecule has 0 saturated carbocycles. The highest BCUT2D eigenvalue weighted by Gasteiger charge is 2.04. The number of nitrogens with zero attached hydrogens (tertiary/aromatic N) is 2. The van der Waals surface area contributed by atoms with Gasteiger partial charge >= 0.3 is 5.97 Å². The first-order valence-corrected chi connectivity index (χ1v) is 5.52. The summed E-state index contributed by atoms with van der Waals surface area (Å²) in [5.41, 5.74) is 0.765. The van der Waals surface area contributed by atoms with Crippen LogP contribution in [0.5, 0.6) is 0 Å². The Hall–Kier alpha value is -1.95. The SMILES string of the molecule is O=C(O)c1cnc(Nc2cccc(Br)c2)cn1. The van der Waals surface area contributed by atoms with E-state index in [1.165, 1.54) is 12.4 Å². The third kappa shape index (κ3) is 3.01. The normalized spacial score (nSPS) is 9.94. The molecule has 0 atom stereocenters. The van der Waals surface area contributed by atoms with Crippen molar-refractivity contribution >= 4 is 33.4 Å². The van der Waals surface area contributed by atoms with Crippen molar-refractivity contribution in [1.82, 2.24) is 9.97 Å². The molecule has 0 aliphatic carbocycles. The number of carboxylic acids is 1. The van der Waals surface area contributed by atoms with E-state index >= 15 is 0 Å². The summed E-state index contributed by atoms with van der Waals surface area (Å²) in [6, 6.07) is 7.54. The molecule has 0 fully saturated rings. The Balaban J connectivity index is 2.16. The lowest BCUT2D eigenvalue weighted by Gasteiger charge is -2.05. The van der Waals surface area contributed by atoms with Gasteiger partial charge in [0, 0.05) is 10.2 Å². The van der Waals surface area contributed by atoms with Crippen LogP contribution >= 0.6 is 15.9 Å². The second-order valence-electron chi connectivity index (χ2n) is 3.23. The van der Waals surface area contributed by atoms with E-state index < -0.39 is 5.97 Å². The summed E-state index contributed by atoms with van der Waals surface area (Å²) >= 11 is 3.35. The smallest absolute Gasteiger partial charge is 0.356 e. The summed E-state index contributed by atoms with van der Waals surface area (Å²) in [7, 11) is 0. The lowest BCUT2D eigenvalue weighted by atomic mass is 10.3. The molecule has 1 heterocycles. The maximum Gasteiger partial charge on any atom is 0.356 e. The topological polar surface area (TPSA) is 75.1 Å². The zero-order chi connectivity index (χ0) is 12.3. The first-order valence-electron chi connectivity index (χ1n) is 4.73. The van der Waals surface area contributed by atoms with E-state index in [1.807, 2.05) is 24.3 Å². The number of anilines is 2. The van der Waals surface area contributed by atoms with Crippen LogP contribution in [-0.4, -0.2) is 21.0 Å². The van der Waals surface area contributed by atoms with Crippen molar-refractivity contribution in [3.63, 3.8) is 0 Å². The average Bonchev–Trinajstić information content (AvgIpc) is 2.29. The average molecular weight is 294 g/mol. The van der Waals surface area contributed by atoms with E-state index in [9.17, 15) is 4.79 Å². The minimum absolute atomic E-state index is 0.0789. The highest BCUT2D eigenvalue weighted by Crippen LogP contribution is 2.18. The first-order chi connectivity index (χ1) is 8.15. The quantitative estimate of drug-likeness (QED) is 0.910. The van der Waals surface area contributed by atoms with Gasteiger partial charge in [-0.3, -0.25) is 0 Å². The first kappa shape index (κ1) is 11.5. The number of nitrogens with one attached hydrogen (secondary N) is 1. The highest BCUT2D eigenvalue weighted by molar-refractivity contribution is 9.10. The fourth-order valence-corrected chi connectivity index (χ4v) is 1.62. The number of carbonyl (C=O) groups is 1. The molecule has 2 N–H and O–H groups in total. The summed E-state index contributed by atoms with van der Waals surface area (Å²) < 4.78 is 0.942. The van der Waals surface area contributed by atoms with Gasteiger partial charge in [0.1, 0.15) is 5.82 Å². The van der Waals surface area contributed by atoms with Crippen molar-refractivity contribution in [2.24, 2.45) is 0 Å². The molecular weight excluding hydrogens is 286 g/mol. The second-order valence-corrected chi connectivity index (χ2v) is 4.14. The lowest BCUT2D eigenvalue weighted by Crippen LogP contribution is -2.02. The summed E-state index contributed by atoms with van der Waals surface area (Å²) in [5.74, 6) is -0.598. The second kappa shape index (κ2) is 4.92. The van der Waals surface area contributed by atoms with E-state index in [2.05, 4.69) is 31.2 Å². The van der Waals surface area contributed by atoms with Crippen LogP contribution in [0.25, 0.3) is 0 Å². The Bertz CT molecular complexity index is 543. The van der Waals surface area contributed by atoms with E-state index in [-0.39, 0.29) is 5.69 Å². The fraction of sp³-hybridized carbons (Fsp3) is 0. The molecule has 6 heteroatoms. The number of aromatic nitrogens is 2. The van der Waals surface area contributed by atoms with Gasteiger partial charge in [0.05, 0.1) is 12.4 Å². The summed E-state index contributed by atoms with van der Waals surface area (Å²) in [5, 5.41) is 11.7. The number of rotatable bonds is 3. The van der Waals surface area contributed by atoms with Crippen molar-refractivity contribution in [1.29, 1.82) is 0 Å². The zero-order valence-corrected chi connectivity index (χ0v) is 10.2. The Morgan fingerprint density at radius 3 is 2.71 bits per heavy atom. The van der Waals surface area contributed by atoms with E-state index in [0.29, 0.717) is 5.82 Å². The molecule has 1 aromatic heterocycles. The van der Waals surface area contributed by atoms with E-state index in [4.69, 9.17) is 5.11 Å². The van der Waals surface area contributed by atoms with Crippen molar-refractivity contribution in [3.8, 4) is 0 Å². The van der Waals surface area contributed by atoms with Crippen LogP contribution < -0.4 is 5.32 Å². The molecule has 0 radical (unpaired) electrons. The van der Waals surface area contributed by atoms with Crippen LogP contribution in [0.15, 0.2) is 41.1 Å². The van der Waals surface area contributed by atoms with Crippen molar-refractivity contribution in [3.05, 3.63) is 46.8 Å². The van der Waals surface area contributed by atoms with Crippen LogP contribution in [0.3, 0.4) is 0 Å². The minimum atomic E-state index is -1.09. The molecule has 0 spiro atoms. The molecule has 1 aromatic carbocycles. The van der Waals surface area contributed by atoms with Crippen molar-refractivity contribution in [2.45, 2.75) is 0 Å². The maximum absolute atomic E-state index is 10.6. The number of benzene rings is 1. The molecule has 0 unspecified atom stereocenters. The standard InChI is InChI=1S/C11H8BrN3O2/c12-7-2-1-3-8(4-7)15-10-6-13-9(5-14-10)11(16)17/h1-6H,(H,14,15)(H,16,17). The number of halogens is 1. The molecule has 0 amide bonds. The van der Waals surface area contributed by atoms with E-state index in [0.717, 1.165) is 10.2 Å². The number of hydrogen-bond acceptors (Lipinski definition) is 4. The van der Waals surface area contributed by atoms with Gasteiger partial charge in [0.25, 0.3) is 0 Å². The molecule has 17 heavy (non-hydrogen) atoms. The predicted molar refractivity (Wildman–Crippen MR) is 66.4 cm³/mol. The predicted octanol–water partition coefficient (Wildman–Crippen LogP) is 2.68. The molecule has 0 aliphatic heterocycles. The van der Waals surface area contributed by atoms with Crippen molar-refractivity contribution < 1.29 is 9.90 Å². The third-order valence-corrected chi connectivity index (χ3v) is 2.46.